The predicted molar refractivity (Wildman–Crippen MR) is 240 cm³/mol. The van der Waals surface area contributed by atoms with E-state index in [2.05, 4.69) is 74.8 Å². The standard InChI is InChI=1S/C11H13N3O4.C8H10N4O2.C8H8N4O.C6H10O3.C5H5N3O2.CH2O3.H3N.2Na.H2O.H/c1-3-7(15)14-10-9(12-5-6-13-10)11(17)18-8(16)4-2;1-2-5(13)12-8-6(7(9)14)10-3-4-11-8;1-2-5-11-7-6(8(13)12-5)9-3-4-10-7;1-3-5(7)9-6(8)4-2;6-4-3(5(9)10)7-1-2-8-4;2-1-4-3;;;;;/h5-6H,3-4H2,1-2H3,(H,13,14,15);3-4H,2H2,1H3,(H2,9,14)(H,11,12,13);3-4H,2H2,1H3,(H,10,11,12,13);3-4H2,1-2H3;1-2H,(H2,6,8)(H,9,10);1,3H;1H3;;;1H2;/q;;;;;;;2*+1;;-1/p-1. The Morgan fingerprint density at radius 1 is 0.667 bits per heavy atom. The minimum absolute atomic E-state index is 0. The number of anilines is 3. The van der Waals surface area contributed by atoms with Crippen molar-refractivity contribution in [2.24, 2.45) is 5.73 Å². The van der Waals surface area contributed by atoms with Gasteiger partial charge in [-0.05, 0) is 0 Å². The molecule has 0 fully saturated rings. The van der Waals surface area contributed by atoms with Gasteiger partial charge in [0, 0.05) is 88.1 Å². The molecule has 0 aromatic carbocycles. The molecule has 3 amide bonds. The maximum absolute atomic E-state index is 11.6. The van der Waals surface area contributed by atoms with Crippen LogP contribution in [0.15, 0.2) is 54.4 Å². The molecular weight excluding hydrogens is 980 g/mol. The molecular formula is C39H53N15Na2O16. The quantitative estimate of drug-likeness (QED) is 0.0153. The molecule has 31 nitrogen and oxygen atoms in total. The molecule has 0 atom stereocenters. The number of nitrogens with one attached hydrogen (secondary N) is 3. The number of aromatic amines is 1. The van der Waals surface area contributed by atoms with E-state index in [1.165, 1.54) is 49.6 Å². The second-order valence-electron chi connectivity index (χ2n) is 11.7. The fraction of sp³-hybridized carbons (Fsp3) is 0.308. The number of ether oxygens (including phenoxy) is 2. The Hall–Kier alpha value is -7.23. The van der Waals surface area contributed by atoms with Gasteiger partial charge < -0.3 is 64.9 Å². The van der Waals surface area contributed by atoms with Gasteiger partial charge in [0.15, 0.2) is 45.7 Å². The Morgan fingerprint density at radius 2 is 1.07 bits per heavy atom. The van der Waals surface area contributed by atoms with Gasteiger partial charge in [0.25, 0.3) is 17.9 Å². The van der Waals surface area contributed by atoms with Crippen LogP contribution in [0, 0.1) is 0 Å². The van der Waals surface area contributed by atoms with Crippen molar-refractivity contribution < 1.29 is 134 Å². The number of amides is 3. The van der Waals surface area contributed by atoms with Gasteiger partial charge in [-0.25, -0.2) is 54.4 Å². The molecule has 0 aliphatic rings. The molecule has 13 N–H and O–H groups in total. The molecule has 33 heteroatoms. The third-order valence-electron chi connectivity index (χ3n) is 6.98. The first kappa shape index (κ1) is 73.7. The van der Waals surface area contributed by atoms with Gasteiger partial charge in [0.1, 0.15) is 5.82 Å². The summed E-state index contributed by atoms with van der Waals surface area (Å²) < 4.78 is 8.78. The van der Waals surface area contributed by atoms with Crippen molar-refractivity contribution in [1.29, 1.82) is 0 Å². The number of nitrogens with zero attached hydrogens (tertiary/aromatic N) is 9. The summed E-state index contributed by atoms with van der Waals surface area (Å²) in [5, 5.41) is 21.6. The van der Waals surface area contributed by atoms with E-state index in [9.17, 15) is 43.2 Å². The van der Waals surface area contributed by atoms with E-state index in [1.54, 1.807) is 34.6 Å². The summed E-state index contributed by atoms with van der Waals surface area (Å²) in [5.74, 6) is -4.28. The summed E-state index contributed by atoms with van der Waals surface area (Å²) in [5.41, 5.74) is 10.2. The molecule has 5 heterocycles. The molecule has 0 bridgehead atoms. The predicted octanol–water partition coefficient (Wildman–Crippen LogP) is -6.36. The zero-order chi connectivity index (χ0) is 51.6. The fourth-order valence-electron chi connectivity index (χ4n) is 3.72. The Labute approximate surface area is 454 Å². The third kappa shape index (κ3) is 29.7. The molecule has 0 unspecified atom stereocenters. The molecule has 5 aromatic rings. The number of carboxylic acid groups (broad SMARTS) is 1. The normalized spacial score (nSPS) is 8.82. The van der Waals surface area contributed by atoms with Gasteiger partial charge in [-0.1, -0.05) is 41.5 Å². The van der Waals surface area contributed by atoms with Gasteiger partial charge in [0.2, 0.25) is 11.8 Å². The van der Waals surface area contributed by atoms with Gasteiger partial charge in [0.05, 0.1) is 0 Å². The number of carbonyl (C=O) groups is 9. The number of hydrogen-bond acceptors (Lipinski definition) is 25. The van der Waals surface area contributed by atoms with E-state index in [1.807, 2.05) is 6.92 Å². The number of aromatic carboxylic acids is 1. The van der Waals surface area contributed by atoms with Crippen LogP contribution in [0.5, 0.6) is 0 Å². The van der Waals surface area contributed by atoms with E-state index < -0.39 is 35.8 Å². The average molecular weight is 1030 g/mol. The Bertz CT molecular complexity index is 2550. The van der Waals surface area contributed by atoms with Crippen molar-refractivity contribution in [2.45, 2.75) is 80.1 Å². The zero-order valence-electron chi connectivity index (χ0n) is 41.5. The van der Waals surface area contributed by atoms with E-state index in [0.717, 1.165) is 0 Å². The van der Waals surface area contributed by atoms with Crippen molar-refractivity contribution in [3.63, 3.8) is 0 Å². The number of nitrogens with two attached hydrogens (primary N) is 2. The van der Waals surface area contributed by atoms with Crippen LogP contribution in [0.1, 0.15) is 112 Å². The Kier molecular flexibility index (Phi) is 43.7. The number of fused-ring (bicyclic) bond motifs is 1. The maximum atomic E-state index is 11.6. The number of hydrogen-bond donors (Lipinski definition) is 7. The van der Waals surface area contributed by atoms with Crippen molar-refractivity contribution >= 4 is 82.7 Å². The second kappa shape index (κ2) is 42.6. The summed E-state index contributed by atoms with van der Waals surface area (Å²) >= 11 is 0. The molecule has 5 aromatic heterocycles. The number of nitrogen functional groups attached to an aromatic ring is 1. The summed E-state index contributed by atoms with van der Waals surface area (Å²) in [7, 11) is 0. The first-order valence-electron chi connectivity index (χ1n) is 19.6. The first-order chi connectivity index (χ1) is 32.4. The summed E-state index contributed by atoms with van der Waals surface area (Å²) in [6.07, 6.45) is 12.7. The number of H-pyrrole nitrogens is 1. The van der Waals surface area contributed by atoms with E-state index in [4.69, 9.17) is 26.6 Å². The summed E-state index contributed by atoms with van der Waals surface area (Å²) in [6, 6.07) is 0. The van der Waals surface area contributed by atoms with Crippen LogP contribution in [0.2, 0.25) is 0 Å². The molecule has 0 aliphatic carbocycles. The van der Waals surface area contributed by atoms with Crippen molar-refractivity contribution in [3.05, 3.63) is 82.8 Å². The Balaban J connectivity index is -0.000000188. The van der Waals surface area contributed by atoms with Crippen molar-refractivity contribution in [1.82, 2.24) is 56.0 Å². The number of primary amides is 1. The van der Waals surface area contributed by atoms with Gasteiger partial charge in [-0.3, -0.25) is 38.4 Å². The summed E-state index contributed by atoms with van der Waals surface area (Å²) in [6.45, 7) is 9.93. The van der Waals surface area contributed by atoms with Crippen LogP contribution in [-0.4, -0.2) is 114 Å². The number of carboxylic acids is 1. The van der Waals surface area contributed by atoms with Crippen LogP contribution in [-0.2, 0) is 49.5 Å². The fourth-order valence-corrected chi connectivity index (χ4v) is 3.72. The zero-order valence-corrected chi connectivity index (χ0v) is 44.5. The monoisotopic (exact) mass is 1030 g/mol. The van der Waals surface area contributed by atoms with Crippen LogP contribution in [0.25, 0.3) is 11.2 Å². The minimum Gasteiger partial charge on any atom is -1.00 e. The number of aromatic nitrogens is 10. The van der Waals surface area contributed by atoms with Crippen LogP contribution < -0.4 is 98.2 Å². The molecule has 0 spiro atoms. The molecule has 5 rings (SSSR count). The number of aryl methyl sites for hydroxylation is 1. The number of rotatable bonds is 12. The number of carbonyl (C=O) groups excluding carboxylic acids is 8. The minimum atomic E-state index is -1.16. The van der Waals surface area contributed by atoms with Gasteiger partial charge in [-0.15, -0.1) is 0 Å². The molecule has 72 heavy (non-hydrogen) atoms. The second-order valence-corrected chi connectivity index (χ2v) is 11.7. The Morgan fingerprint density at radius 3 is 1.47 bits per heavy atom. The average Bonchev–Trinajstić information content (AvgIpc) is 3.34. The third-order valence-corrected chi connectivity index (χ3v) is 6.98. The topological polar surface area (TPSA) is 516 Å². The van der Waals surface area contributed by atoms with Gasteiger partial charge >= 0.3 is 89.0 Å². The van der Waals surface area contributed by atoms with Crippen molar-refractivity contribution in [2.75, 3.05) is 16.4 Å². The van der Waals surface area contributed by atoms with Crippen molar-refractivity contribution in [3.8, 4) is 0 Å². The summed E-state index contributed by atoms with van der Waals surface area (Å²) in [4.78, 5) is 146. The van der Waals surface area contributed by atoms with E-state index in [-0.39, 0.29) is 156 Å². The van der Waals surface area contributed by atoms with Gasteiger partial charge in [-0.2, -0.15) is 0 Å². The number of esters is 4. The van der Waals surface area contributed by atoms with Crippen LogP contribution in [0.4, 0.5) is 17.5 Å². The molecule has 0 saturated carbocycles. The van der Waals surface area contributed by atoms with Crippen LogP contribution >= 0.6 is 0 Å². The largest absolute Gasteiger partial charge is 1.00 e. The maximum Gasteiger partial charge on any atom is 1.00 e. The molecule has 0 aliphatic heterocycles. The van der Waals surface area contributed by atoms with E-state index >= 15 is 0 Å². The smallest absolute Gasteiger partial charge is 1.00 e. The first-order valence-corrected chi connectivity index (χ1v) is 19.6. The van der Waals surface area contributed by atoms with E-state index in [0.29, 0.717) is 29.8 Å². The molecule has 382 valence electrons. The molecule has 0 saturated heterocycles. The van der Waals surface area contributed by atoms with Crippen LogP contribution in [0.3, 0.4) is 0 Å². The molecule has 0 radical (unpaired) electrons. The SMILES string of the molecule is CCC(=O)Nc1nccnc1C(=O)OC(=O)CC.CCC(=O)Nc1nccnc1C(N)=O.CCC(=O)OC(=O)CC.CCc1nc2nccnc2c(=O)[nH]1.N.Nc1nccnc1C(=O)O.O.O=CO[O-].[H-].[Na+].[Na+].